The fraction of sp³-hybridized carbons (Fsp3) is 0.273. The normalized spacial score (nSPS) is 15.2. The molecule has 4 nitrogen and oxygen atoms in total. The van der Waals surface area contributed by atoms with E-state index in [2.05, 4.69) is 95.5 Å². The molecule has 1 atom stereocenters. The Labute approximate surface area is 267 Å². The van der Waals surface area contributed by atoms with E-state index in [9.17, 15) is 4.79 Å². The van der Waals surface area contributed by atoms with Crippen molar-refractivity contribution in [3.8, 4) is 5.75 Å². The third kappa shape index (κ3) is 6.97. The predicted octanol–water partition coefficient (Wildman–Crippen LogP) is 9.69. The van der Waals surface area contributed by atoms with Crippen LogP contribution in [0, 0.1) is 18.5 Å². The minimum Gasteiger partial charge on any atom is -0.487 e. The maximum Gasteiger partial charge on any atom is 0.259 e. The second-order valence-electron chi connectivity index (χ2n) is 11.2. The zero-order valence-corrected chi connectivity index (χ0v) is 28.0. The molecule has 0 saturated carbocycles. The van der Waals surface area contributed by atoms with Crippen molar-refractivity contribution < 1.29 is 9.53 Å². The molecular formula is C33H32I2N2O2S. The number of amides is 1. The SMILES string of the molecule is CC(C)(C)[C@@H]1CCc2c(sc(N=Cc3cc(I)c(OCc4ccccc4)c(I)c3)c2C(=O)Nc2ccccc2)C1. The lowest BCUT2D eigenvalue weighted by Crippen LogP contribution is -2.27. The third-order valence-electron chi connectivity index (χ3n) is 7.31. The molecule has 0 spiro atoms. The molecule has 4 aromatic rings. The molecule has 0 aliphatic heterocycles. The lowest BCUT2D eigenvalue weighted by atomic mass is 9.72. The monoisotopic (exact) mass is 774 g/mol. The number of fused-ring (bicyclic) bond motifs is 1. The van der Waals surface area contributed by atoms with Crippen molar-refractivity contribution in [3.63, 3.8) is 0 Å². The first-order chi connectivity index (χ1) is 19.2. The Morgan fingerprint density at radius 2 is 1.70 bits per heavy atom. The van der Waals surface area contributed by atoms with Gasteiger partial charge in [0, 0.05) is 16.8 Å². The highest BCUT2D eigenvalue weighted by Gasteiger charge is 2.33. The van der Waals surface area contributed by atoms with Gasteiger partial charge in [-0.25, -0.2) is 4.99 Å². The number of para-hydroxylation sites is 1. The molecule has 0 bridgehead atoms. The summed E-state index contributed by atoms with van der Waals surface area (Å²) in [4.78, 5) is 19.8. The van der Waals surface area contributed by atoms with Gasteiger partial charge in [0.2, 0.25) is 0 Å². The van der Waals surface area contributed by atoms with Gasteiger partial charge in [0.05, 0.1) is 12.7 Å². The van der Waals surface area contributed by atoms with Crippen LogP contribution in [0.15, 0.2) is 77.8 Å². The van der Waals surface area contributed by atoms with E-state index in [4.69, 9.17) is 9.73 Å². The maximum absolute atomic E-state index is 13.6. The number of anilines is 1. The molecule has 1 aromatic heterocycles. The largest absolute Gasteiger partial charge is 0.487 e. The molecule has 5 rings (SSSR count). The molecule has 1 amide bonds. The number of nitrogens with zero attached hydrogens (tertiary/aromatic N) is 1. The predicted molar refractivity (Wildman–Crippen MR) is 184 cm³/mol. The molecule has 1 aliphatic rings. The van der Waals surface area contributed by atoms with E-state index < -0.39 is 0 Å². The zero-order chi connectivity index (χ0) is 28.3. The van der Waals surface area contributed by atoms with Gasteiger partial charge in [-0.1, -0.05) is 69.3 Å². The molecule has 40 heavy (non-hydrogen) atoms. The zero-order valence-electron chi connectivity index (χ0n) is 22.8. The van der Waals surface area contributed by atoms with Crippen molar-refractivity contribution >= 4 is 79.3 Å². The Bertz CT molecular complexity index is 1500. The summed E-state index contributed by atoms with van der Waals surface area (Å²) in [5, 5.41) is 3.88. The first-order valence-corrected chi connectivity index (χ1v) is 16.4. The van der Waals surface area contributed by atoms with Gasteiger partial charge in [-0.3, -0.25) is 4.79 Å². The molecule has 1 aliphatic carbocycles. The standard InChI is InChI=1S/C33H32I2N2O2S/c1-33(2,3)23-14-15-25-28(18-23)40-32(29(25)31(38)37-24-12-8-5-9-13-24)36-19-22-16-26(34)30(27(35)17-22)39-20-21-10-6-4-7-11-21/h4-13,16-17,19,23H,14-15,18,20H2,1-3H3,(H,37,38)/t23-/m1/s1. The highest BCUT2D eigenvalue weighted by Crippen LogP contribution is 2.45. The number of carbonyl (C=O) groups is 1. The van der Waals surface area contributed by atoms with Crippen LogP contribution in [0.1, 0.15) is 59.1 Å². The van der Waals surface area contributed by atoms with Crippen molar-refractivity contribution in [2.75, 3.05) is 5.32 Å². The van der Waals surface area contributed by atoms with Crippen LogP contribution < -0.4 is 10.1 Å². The van der Waals surface area contributed by atoms with E-state index in [0.717, 1.165) is 59.5 Å². The summed E-state index contributed by atoms with van der Waals surface area (Å²) < 4.78 is 8.22. The van der Waals surface area contributed by atoms with Gasteiger partial charge in [-0.2, -0.15) is 0 Å². The Balaban J connectivity index is 1.43. The van der Waals surface area contributed by atoms with E-state index in [0.29, 0.717) is 12.5 Å². The van der Waals surface area contributed by atoms with Gasteiger partial charge in [0.25, 0.3) is 5.91 Å². The minimum absolute atomic E-state index is 0.0844. The Kier molecular flexibility index (Phi) is 9.31. The number of ether oxygens (including phenoxy) is 1. The molecule has 0 radical (unpaired) electrons. The van der Waals surface area contributed by atoms with E-state index >= 15 is 0 Å². The third-order valence-corrected chi connectivity index (χ3v) is 10.1. The van der Waals surface area contributed by atoms with Crippen molar-refractivity contribution in [1.29, 1.82) is 0 Å². The fourth-order valence-electron chi connectivity index (χ4n) is 5.01. The van der Waals surface area contributed by atoms with Crippen LogP contribution in [0.2, 0.25) is 0 Å². The van der Waals surface area contributed by atoms with Crippen molar-refractivity contribution in [2.45, 2.75) is 46.6 Å². The van der Waals surface area contributed by atoms with Gasteiger partial charge in [0.1, 0.15) is 17.4 Å². The van der Waals surface area contributed by atoms with Gasteiger partial charge >= 0.3 is 0 Å². The number of thiophene rings is 1. The number of hydrogen-bond donors (Lipinski definition) is 1. The van der Waals surface area contributed by atoms with Gasteiger partial charge in [-0.15, -0.1) is 11.3 Å². The van der Waals surface area contributed by atoms with Gasteiger partial charge in [0.15, 0.2) is 0 Å². The number of rotatable bonds is 7. The smallest absolute Gasteiger partial charge is 0.259 e. The van der Waals surface area contributed by atoms with E-state index in [1.807, 2.05) is 54.7 Å². The number of aliphatic imine (C=N–C) groups is 1. The molecule has 1 N–H and O–H groups in total. The van der Waals surface area contributed by atoms with Crippen LogP contribution in [0.5, 0.6) is 5.75 Å². The van der Waals surface area contributed by atoms with E-state index in [-0.39, 0.29) is 11.3 Å². The number of halogens is 2. The van der Waals surface area contributed by atoms with Crippen LogP contribution in [0.25, 0.3) is 0 Å². The Morgan fingerprint density at radius 1 is 1.05 bits per heavy atom. The van der Waals surface area contributed by atoms with Crippen molar-refractivity contribution in [2.24, 2.45) is 16.3 Å². The Hall–Kier alpha value is -2.24. The maximum atomic E-state index is 13.6. The lowest BCUT2D eigenvalue weighted by molar-refractivity contribution is 0.102. The summed E-state index contributed by atoms with van der Waals surface area (Å²) >= 11 is 6.32. The first kappa shape index (κ1) is 29.3. The topological polar surface area (TPSA) is 50.7 Å². The second kappa shape index (κ2) is 12.7. The van der Waals surface area contributed by atoms with Crippen LogP contribution in [0.4, 0.5) is 10.7 Å². The average molecular weight is 775 g/mol. The molecule has 1 heterocycles. The summed E-state index contributed by atoms with van der Waals surface area (Å²) in [6.07, 6.45) is 4.87. The lowest BCUT2D eigenvalue weighted by Gasteiger charge is -2.33. The van der Waals surface area contributed by atoms with E-state index in [1.165, 1.54) is 10.4 Å². The molecule has 0 unspecified atom stereocenters. The minimum atomic E-state index is -0.0844. The second-order valence-corrected chi connectivity index (χ2v) is 14.6. The summed E-state index contributed by atoms with van der Waals surface area (Å²) in [6, 6.07) is 24.0. The molecule has 7 heteroatoms. The van der Waals surface area contributed by atoms with Crippen molar-refractivity contribution in [1.82, 2.24) is 0 Å². The van der Waals surface area contributed by atoms with Crippen molar-refractivity contribution in [3.05, 3.63) is 107 Å². The average Bonchev–Trinajstić information content (AvgIpc) is 3.30. The summed E-state index contributed by atoms with van der Waals surface area (Å²) in [5.74, 6) is 1.39. The van der Waals surface area contributed by atoms with Crippen LogP contribution in [0.3, 0.4) is 0 Å². The summed E-state index contributed by atoms with van der Waals surface area (Å²) in [5.41, 5.74) is 5.03. The van der Waals surface area contributed by atoms with Gasteiger partial charge in [-0.05, 0) is 117 Å². The first-order valence-electron chi connectivity index (χ1n) is 13.4. The van der Waals surface area contributed by atoms with E-state index in [1.54, 1.807) is 11.3 Å². The summed E-state index contributed by atoms with van der Waals surface area (Å²) in [6.45, 7) is 7.47. The number of benzene rings is 3. The molecular weight excluding hydrogens is 742 g/mol. The fourth-order valence-corrected chi connectivity index (χ4v) is 8.40. The number of hydrogen-bond acceptors (Lipinski definition) is 4. The quantitative estimate of drug-likeness (QED) is 0.150. The molecule has 0 fully saturated rings. The highest BCUT2D eigenvalue weighted by molar-refractivity contribution is 14.1. The summed E-state index contributed by atoms with van der Waals surface area (Å²) in [7, 11) is 0. The molecule has 0 saturated heterocycles. The molecule has 3 aromatic carbocycles. The highest BCUT2D eigenvalue weighted by atomic mass is 127. The molecule has 206 valence electrons. The van der Waals surface area contributed by atoms with Crippen LogP contribution >= 0.6 is 56.5 Å². The van der Waals surface area contributed by atoms with Crippen LogP contribution in [-0.2, 0) is 19.4 Å². The number of nitrogens with one attached hydrogen (secondary N) is 1. The Morgan fingerprint density at radius 3 is 2.35 bits per heavy atom. The van der Waals surface area contributed by atoms with Gasteiger partial charge < -0.3 is 10.1 Å². The number of carbonyl (C=O) groups excluding carboxylic acids is 1. The van der Waals surface area contributed by atoms with Crippen LogP contribution in [-0.4, -0.2) is 12.1 Å².